The summed E-state index contributed by atoms with van der Waals surface area (Å²) in [5.41, 5.74) is 6.07. The minimum Gasteiger partial charge on any atom is -0.366 e. The normalized spacial score (nSPS) is 12.4. The summed E-state index contributed by atoms with van der Waals surface area (Å²) >= 11 is 0. The largest absolute Gasteiger partial charge is 0.394 e. The van der Waals surface area contributed by atoms with Crippen LogP contribution in [0.15, 0.2) is 48.1 Å². The molecule has 4 N–H and O–H groups in total. The summed E-state index contributed by atoms with van der Waals surface area (Å²) < 4.78 is 52.6. The zero-order chi connectivity index (χ0) is 25.6. The second-order valence-electron chi connectivity index (χ2n) is 7.21. The van der Waals surface area contributed by atoms with E-state index in [1.54, 1.807) is 13.8 Å². The summed E-state index contributed by atoms with van der Waals surface area (Å²) in [6.45, 7) is 14.4. The third-order valence-electron chi connectivity index (χ3n) is 3.91. The van der Waals surface area contributed by atoms with Gasteiger partial charge in [0.15, 0.2) is 0 Å². The lowest BCUT2D eigenvalue weighted by Crippen LogP contribution is -2.36. The Morgan fingerprint density at radius 3 is 1.97 bits per heavy atom. The number of carbonyl (C=O) groups excluding carboxylic acids is 1. The first-order valence-electron chi connectivity index (χ1n) is 10.4. The van der Waals surface area contributed by atoms with E-state index < -0.39 is 23.8 Å². The molecule has 0 aliphatic rings. The highest BCUT2D eigenvalue weighted by molar-refractivity contribution is 5.93. The number of halogens is 4. The molecule has 1 unspecified atom stereocenters. The number of primary amides is 1. The number of carbonyl (C=O) groups is 1. The Morgan fingerprint density at radius 1 is 1.12 bits per heavy atom. The Labute approximate surface area is 189 Å². The number of allylic oxidation sites excluding steroid dienone is 5. The van der Waals surface area contributed by atoms with Crippen LogP contribution >= 0.6 is 0 Å². The molecule has 4 nitrogen and oxygen atoms in total. The van der Waals surface area contributed by atoms with Crippen molar-refractivity contribution in [2.75, 3.05) is 0 Å². The van der Waals surface area contributed by atoms with Crippen LogP contribution in [0.25, 0.3) is 5.70 Å². The molecule has 0 bridgehead atoms. The van der Waals surface area contributed by atoms with Crippen LogP contribution in [0.4, 0.5) is 17.6 Å². The molecule has 0 heterocycles. The maximum atomic E-state index is 14.2. The topological polar surface area (TPSA) is 72.3 Å². The zero-order valence-electron chi connectivity index (χ0n) is 20.2. The van der Waals surface area contributed by atoms with Crippen molar-refractivity contribution >= 4 is 11.6 Å². The molecule has 0 spiro atoms. The number of rotatable bonds is 6. The molecular formula is C24H37F4N3O. The highest BCUT2D eigenvalue weighted by Crippen LogP contribution is 2.31. The summed E-state index contributed by atoms with van der Waals surface area (Å²) in [5.74, 6) is 2.26. The van der Waals surface area contributed by atoms with Gasteiger partial charge in [-0.25, -0.2) is 10.2 Å². The first kappa shape index (κ1) is 31.6. The molecule has 1 rings (SSSR count). The van der Waals surface area contributed by atoms with E-state index in [0.717, 1.165) is 24.1 Å². The minimum absolute atomic E-state index is 0.0809. The predicted octanol–water partition coefficient (Wildman–Crippen LogP) is 6.60. The van der Waals surface area contributed by atoms with E-state index >= 15 is 0 Å². The van der Waals surface area contributed by atoms with E-state index in [-0.39, 0.29) is 22.9 Å². The molecule has 1 aromatic rings. The van der Waals surface area contributed by atoms with Gasteiger partial charge in [-0.15, -0.1) is 0 Å². The number of hydrazine groups is 1. The molecule has 182 valence electrons. The number of nitrogens with zero attached hydrogens (tertiary/aromatic N) is 1. The van der Waals surface area contributed by atoms with Crippen molar-refractivity contribution in [2.24, 2.45) is 17.5 Å². The van der Waals surface area contributed by atoms with Gasteiger partial charge in [-0.2, -0.15) is 13.2 Å². The molecule has 32 heavy (non-hydrogen) atoms. The molecule has 0 aliphatic heterocycles. The molecule has 0 saturated heterocycles. The summed E-state index contributed by atoms with van der Waals surface area (Å²) in [7, 11) is 0. The summed E-state index contributed by atoms with van der Waals surface area (Å²) in [6, 6.07) is 2.93. The Hall–Kier alpha value is -2.61. The monoisotopic (exact) mass is 459 g/mol. The number of hydrogen-bond donors (Lipinski definition) is 2. The molecular weight excluding hydrogens is 422 g/mol. The summed E-state index contributed by atoms with van der Waals surface area (Å²) in [5, 5.41) is 1.05. The number of amides is 1. The van der Waals surface area contributed by atoms with Crippen LogP contribution in [0, 0.1) is 11.7 Å². The number of hydrogen-bond acceptors (Lipinski definition) is 3. The quantitative estimate of drug-likeness (QED) is 0.218. The van der Waals surface area contributed by atoms with Crippen LogP contribution in [0.5, 0.6) is 0 Å². The standard InChI is InChI=1S/C15H19F4N3O.C7H12.C2H6/c1-8(2)22(21)13(6-9(3)15(17,18)19)11-5-4-10(14(20)23)7-12(11)16;1-4-5-6-7(2)3;1-2/h4-9H,21H2,1-3H3,(H2,20,23);4-6H,1-3H3;1-2H3/b13-6-;5-4-;. The molecule has 8 heteroatoms. The molecule has 1 atom stereocenters. The molecule has 0 aliphatic carbocycles. The van der Waals surface area contributed by atoms with Gasteiger partial charge in [-0.1, -0.05) is 44.6 Å². The van der Waals surface area contributed by atoms with Gasteiger partial charge in [0.25, 0.3) is 0 Å². The average molecular weight is 460 g/mol. The highest BCUT2D eigenvalue weighted by Gasteiger charge is 2.35. The molecule has 0 aromatic heterocycles. The van der Waals surface area contributed by atoms with Crippen molar-refractivity contribution in [1.29, 1.82) is 0 Å². The van der Waals surface area contributed by atoms with E-state index in [4.69, 9.17) is 11.6 Å². The van der Waals surface area contributed by atoms with Gasteiger partial charge >= 0.3 is 6.18 Å². The van der Waals surface area contributed by atoms with Crippen molar-refractivity contribution in [2.45, 2.75) is 67.6 Å². The van der Waals surface area contributed by atoms with E-state index in [9.17, 15) is 22.4 Å². The minimum atomic E-state index is -4.48. The van der Waals surface area contributed by atoms with Crippen LogP contribution in [0.1, 0.15) is 71.3 Å². The SMILES string of the molecule is C/C=C\C=C(C)C.CC.CC(C)N(N)/C(=C\C(C)C(F)(F)F)c1ccc(C(N)=O)cc1F. The van der Waals surface area contributed by atoms with Crippen molar-refractivity contribution in [3.8, 4) is 0 Å². The Bertz CT molecular complexity index is 793. The maximum Gasteiger partial charge on any atom is 0.394 e. The first-order chi connectivity index (χ1) is 14.7. The molecule has 1 amide bonds. The molecule has 0 saturated carbocycles. The zero-order valence-corrected chi connectivity index (χ0v) is 20.2. The van der Waals surface area contributed by atoms with E-state index in [1.807, 2.05) is 32.9 Å². The van der Waals surface area contributed by atoms with Gasteiger partial charge in [0, 0.05) is 17.2 Å². The fourth-order valence-electron chi connectivity index (χ4n) is 2.09. The van der Waals surface area contributed by atoms with Gasteiger partial charge in [-0.3, -0.25) is 4.79 Å². The summed E-state index contributed by atoms with van der Waals surface area (Å²) in [4.78, 5) is 11.0. The van der Waals surface area contributed by atoms with Crippen molar-refractivity contribution in [1.82, 2.24) is 5.01 Å². The van der Waals surface area contributed by atoms with Gasteiger partial charge in [0.1, 0.15) is 5.82 Å². The smallest absolute Gasteiger partial charge is 0.366 e. The Kier molecular flexibility index (Phi) is 15.0. The fraction of sp³-hybridized carbons (Fsp3) is 0.458. The lowest BCUT2D eigenvalue weighted by Gasteiger charge is -2.28. The second kappa shape index (κ2) is 15.2. The highest BCUT2D eigenvalue weighted by atomic mass is 19.4. The van der Waals surface area contributed by atoms with Crippen LogP contribution < -0.4 is 11.6 Å². The molecule has 1 aromatic carbocycles. The van der Waals surface area contributed by atoms with Gasteiger partial charge in [0.2, 0.25) is 5.91 Å². The van der Waals surface area contributed by atoms with Gasteiger partial charge in [0.05, 0.1) is 11.6 Å². The predicted molar refractivity (Wildman–Crippen MR) is 125 cm³/mol. The van der Waals surface area contributed by atoms with E-state index in [1.165, 1.54) is 17.7 Å². The van der Waals surface area contributed by atoms with E-state index in [2.05, 4.69) is 19.9 Å². The third kappa shape index (κ3) is 11.7. The number of nitrogens with two attached hydrogens (primary N) is 2. The van der Waals surface area contributed by atoms with Gasteiger partial charge < -0.3 is 10.7 Å². The van der Waals surface area contributed by atoms with Crippen LogP contribution in [-0.4, -0.2) is 23.1 Å². The lowest BCUT2D eigenvalue weighted by molar-refractivity contribution is -0.156. The second-order valence-corrected chi connectivity index (χ2v) is 7.21. The summed E-state index contributed by atoms with van der Waals surface area (Å²) in [6.07, 6.45) is 2.51. The third-order valence-corrected chi connectivity index (χ3v) is 3.91. The average Bonchev–Trinajstić information content (AvgIpc) is 2.71. The number of benzene rings is 1. The Morgan fingerprint density at radius 2 is 1.66 bits per heavy atom. The molecule has 0 fully saturated rings. The number of alkyl halides is 3. The van der Waals surface area contributed by atoms with Crippen molar-refractivity contribution in [3.05, 3.63) is 65.0 Å². The first-order valence-corrected chi connectivity index (χ1v) is 10.4. The van der Waals surface area contributed by atoms with Crippen molar-refractivity contribution < 1.29 is 22.4 Å². The van der Waals surface area contributed by atoms with E-state index in [0.29, 0.717) is 0 Å². The molecule has 0 radical (unpaired) electrons. The van der Waals surface area contributed by atoms with Crippen LogP contribution in [-0.2, 0) is 0 Å². The Balaban J connectivity index is 0. The fourth-order valence-corrected chi connectivity index (χ4v) is 2.09. The van der Waals surface area contributed by atoms with Crippen molar-refractivity contribution in [3.63, 3.8) is 0 Å². The van der Waals surface area contributed by atoms with Crippen LogP contribution in [0.2, 0.25) is 0 Å². The maximum absolute atomic E-state index is 14.2. The van der Waals surface area contributed by atoms with Crippen LogP contribution in [0.3, 0.4) is 0 Å². The lowest BCUT2D eigenvalue weighted by atomic mass is 10.0. The van der Waals surface area contributed by atoms with Gasteiger partial charge in [-0.05, 0) is 58.9 Å².